The van der Waals surface area contributed by atoms with Crippen LogP contribution in [0.3, 0.4) is 0 Å². The molecule has 0 radical (unpaired) electrons. The molecule has 1 rings (SSSR count). The molecule has 0 spiro atoms. The van der Waals surface area contributed by atoms with Gasteiger partial charge in [0.25, 0.3) is 5.56 Å². The van der Waals surface area contributed by atoms with Crippen molar-refractivity contribution in [2.45, 2.75) is 13.5 Å². The smallest absolute Gasteiger partial charge is 0.331 e. The normalized spacial score (nSPS) is 11.6. The van der Waals surface area contributed by atoms with E-state index in [4.69, 9.17) is 0 Å². The molecule has 7 nitrogen and oxygen atoms in total. The van der Waals surface area contributed by atoms with E-state index in [9.17, 15) is 23.1 Å². The monoisotopic (exact) mass is 248 g/mol. The van der Waals surface area contributed by atoms with Crippen LogP contribution in [-0.4, -0.2) is 35.1 Å². The van der Waals surface area contributed by atoms with E-state index >= 15 is 0 Å². The summed E-state index contributed by atoms with van der Waals surface area (Å²) in [7, 11) is -3.24. The zero-order valence-electron chi connectivity index (χ0n) is 8.85. The van der Waals surface area contributed by atoms with Crippen LogP contribution in [0.15, 0.2) is 9.59 Å². The van der Waals surface area contributed by atoms with Crippen LogP contribution in [0.2, 0.25) is 0 Å². The van der Waals surface area contributed by atoms with Crippen LogP contribution >= 0.6 is 0 Å². The molecular formula is C8H12N2O5S. The van der Waals surface area contributed by atoms with Crippen LogP contribution in [-0.2, 0) is 16.4 Å². The predicted octanol–water partition coefficient (Wildman–Crippen LogP) is -1.40. The molecule has 1 heterocycles. The fourth-order valence-corrected chi connectivity index (χ4v) is 1.64. The van der Waals surface area contributed by atoms with Gasteiger partial charge in [-0.3, -0.25) is 14.3 Å². The highest BCUT2D eigenvalue weighted by atomic mass is 32.2. The van der Waals surface area contributed by atoms with Gasteiger partial charge < -0.3 is 5.11 Å². The van der Waals surface area contributed by atoms with Crippen molar-refractivity contribution in [1.29, 1.82) is 0 Å². The highest BCUT2D eigenvalue weighted by Crippen LogP contribution is 2.07. The number of nitrogens with one attached hydrogen (secondary N) is 1. The van der Waals surface area contributed by atoms with E-state index in [1.54, 1.807) is 0 Å². The maximum absolute atomic E-state index is 11.3. The molecule has 0 fully saturated rings. The standard InChI is InChI=1S/C8H12N2O5S/c1-5-6(11)9-8(13)10(7(5)12)3-4-16(2,14)15/h12H,3-4H2,1-2H3,(H,9,11,13). The van der Waals surface area contributed by atoms with Gasteiger partial charge in [0.15, 0.2) is 0 Å². The number of nitrogens with zero attached hydrogens (tertiary/aromatic N) is 1. The molecule has 0 bridgehead atoms. The third-order valence-electron chi connectivity index (χ3n) is 2.08. The first-order valence-corrected chi connectivity index (χ1v) is 6.49. The topological polar surface area (TPSA) is 109 Å². The van der Waals surface area contributed by atoms with Crippen LogP contribution in [0.4, 0.5) is 0 Å². The molecular weight excluding hydrogens is 236 g/mol. The van der Waals surface area contributed by atoms with Gasteiger partial charge in [0, 0.05) is 12.8 Å². The van der Waals surface area contributed by atoms with E-state index in [0.29, 0.717) is 0 Å². The molecule has 0 atom stereocenters. The Morgan fingerprint density at radius 1 is 1.38 bits per heavy atom. The van der Waals surface area contributed by atoms with Crippen molar-refractivity contribution in [1.82, 2.24) is 9.55 Å². The number of hydrogen-bond acceptors (Lipinski definition) is 5. The van der Waals surface area contributed by atoms with Gasteiger partial charge in [0.2, 0.25) is 5.88 Å². The van der Waals surface area contributed by atoms with Gasteiger partial charge in [-0.05, 0) is 6.92 Å². The van der Waals surface area contributed by atoms with Crippen molar-refractivity contribution < 1.29 is 13.5 Å². The average Bonchev–Trinajstić information content (AvgIpc) is 2.12. The second-order valence-electron chi connectivity index (χ2n) is 3.49. The third kappa shape index (κ3) is 2.72. The van der Waals surface area contributed by atoms with Crippen LogP contribution in [0.1, 0.15) is 5.56 Å². The molecule has 0 aliphatic rings. The number of H-pyrrole nitrogens is 1. The Morgan fingerprint density at radius 3 is 2.44 bits per heavy atom. The first kappa shape index (κ1) is 12.5. The molecule has 0 aliphatic heterocycles. The molecule has 0 unspecified atom stereocenters. The van der Waals surface area contributed by atoms with Crippen LogP contribution in [0.25, 0.3) is 0 Å². The van der Waals surface area contributed by atoms with Crippen molar-refractivity contribution in [3.8, 4) is 5.88 Å². The summed E-state index contributed by atoms with van der Waals surface area (Å²) >= 11 is 0. The molecule has 0 aromatic carbocycles. The van der Waals surface area contributed by atoms with Crippen LogP contribution in [0.5, 0.6) is 5.88 Å². The summed E-state index contributed by atoms with van der Waals surface area (Å²) < 4.78 is 22.6. The quantitative estimate of drug-likeness (QED) is 0.683. The van der Waals surface area contributed by atoms with Gasteiger partial charge in [-0.15, -0.1) is 0 Å². The van der Waals surface area contributed by atoms with E-state index in [2.05, 4.69) is 0 Å². The average molecular weight is 248 g/mol. The molecule has 0 aliphatic carbocycles. The van der Waals surface area contributed by atoms with E-state index in [1.165, 1.54) is 6.92 Å². The van der Waals surface area contributed by atoms with Gasteiger partial charge >= 0.3 is 5.69 Å². The number of aromatic hydroxyl groups is 1. The largest absolute Gasteiger partial charge is 0.494 e. The molecule has 1 aromatic heterocycles. The fraction of sp³-hybridized carbons (Fsp3) is 0.500. The number of aromatic amines is 1. The maximum atomic E-state index is 11.3. The van der Waals surface area contributed by atoms with Crippen molar-refractivity contribution in [2.75, 3.05) is 12.0 Å². The molecule has 90 valence electrons. The lowest BCUT2D eigenvalue weighted by Gasteiger charge is -2.08. The Bertz CT molecular complexity index is 610. The van der Waals surface area contributed by atoms with Crippen molar-refractivity contribution in [3.63, 3.8) is 0 Å². The number of aromatic nitrogens is 2. The lowest BCUT2D eigenvalue weighted by molar-refractivity contribution is 0.401. The lowest BCUT2D eigenvalue weighted by atomic mass is 10.3. The number of sulfone groups is 1. The zero-order valence-corrected chi connectivity index (χ0v) is 9.67. The second kappa shape index (κ2) is 4.12. The van der Waals surface area contributed by atoms with Crippen molar-refractivity contribution >= 4 is 9.84 Å². The van der Waals surface area contributed by atoms with E-state index in [-0.39, 0.29) is 17.9 Å². The van der Waals surface area contributed by atoms with Gasteiger partial charge in [-0.25, -0.2) is 13.2 Å². The number of hydrogen-bond donors (Lipinski definition) is 2. The molecule has 0 amide bonds. The Balaban J connectivity index is 3.21. The van der Waals surface area contributed by atoms with Gasteiger partial charge in [0.1, 0.15) is 9.84 Å². The highest BCUT2D eigenvalue weighted by Gasteiger charge is 2.11. The van der Waals surface area contributed by atoms with Crippen molar-refractivity contribution in [2.24, 2.45) is 0 Å². The van der Waals surface area contributed by atoms with Gasteiger partial charge in [-0.1, -0.05) is 0 Å². The molecule has 16 heavy (non-hydrogen) atoms. The second-order valence-corrected chi connectivity index (χ2v) is 5.75. The van der Waals surface area contributed by atoms with Crippen LogP contribution < -0.4 is 11.2 Å². The highest BCUT2D eigenvalue weighted by molar-refractivity contribution is 7.90. The summed E-state index contributed by atoms with van der Waals surface area (Å²) in [5.41, 5.74) is -1.53. The van der Waals surface area contributed by atoms with E-state index < -0.39 is 27.0 Å². The molecule has 8 heteroatoms. The van der Waals surface area contributed by atoms with Crippen molar-refractivity contribution in [3.05, 3.63) is 26.4 Å². The summed E-state index contributed by atoms with van der Waals surface area (Å²) in [6.45, 7) is 1.14. The fourth-order valence-electron chi connectivity index (χ4n) is 1.12. The molecule has 0 saturated carbocycles. The molecule has 1 aromatic rings. The maximum Gasteiger partial charge on any atom is 0.331 e. The Kier molecular flexibility index (Phi) is 3.22. The summed E-state index contributed by atoms with van der Waals surface area (Å²) in [4.78, 5) is 24.3. The minimum absolute atomic E-state index is 0.0203. The molecule has 2 N–H and O–H groups in total. The Morgan fingerprint density at radius 2 is 1.94 bits per heavy atom. The third-order valence-corrected chi connectivity index (χ3v) is 3.01. The summed E-state index contributed by atoms with van der Waals surface area (Å²) in [5.74, 6) is -0.788. The predicted molar refractivity (Wildman–Crippen MR) is 57.4 cm³/mol. The van der Waals surface area contributed by atoms with Crippen LogP contribution in [0, 0.1) is 6.92 Å². The Hall–Kier alpha value is -1.57. The first-order valence-electron chi connectivity index (χ1n) is 4.43. The van der Waals surface area contributed by atoms with Gasteiger partial charge in [-0.2, -0.15) is 0 Å². The van der Waals surface area contributed by atoms with E-state index in [1.807, 2.05) is 4.98 Å². The summed E-state index contributed by atoms with van der Waals surface area (Å²) in [6.07, 6.45) is 1.02. The Labute approximate surface area is 91.3 Å². The number of rotatable bonds is 3. The van der Waals surface area contributed by atoms with E-state index in [0.717, 1.165) is 10.8 Å². The lowest BCUT2D eigenvalue weighted by Crippen LogP contribution is -2.32. The summed E-state index contributed by atoms with van der Waals surface area (Å²) in [5, 5.41) is 9.50. The minimum Gasteiger partial charge on any atom is -0.494 e. The SMILES string of the molecule is Cc1c(O)n(CCS(C)(=O)=O)c(=O)[nH]c1=O. The first-order chi connectivity index (χ1) is 7.22. The summed E-state index contributed by atoms with van der Waals surface area (Å²) in [6, 6.07) is 0. The van der Waals surface area contributed by atoms with Gasteiger partial charge in [0.05, 0.1) is 11.3 Å². The zero-order chi connectivity index (χ0) is 12.5. The molecule has 0 saturated heterocycles. The minimum atomic E-state index is -3.24.